The van der Waals surface area contributed by atoms with Gasteiger partial charge in [0.25, 0.3) is 0 Å². The molecule has 1 heteroatoms. The molecule has 0 saturated heterocycles. The summed E-state index contributed by atoms with van der Waals surface area (Å²) in [6.07, 6.45) is 9.04. The third-order valence-electron chi connectivity index (χ3n) is 3.20. The Morgan fingerprint density at radius 1 is 1.00 bits per heavy atom. The average Bonchev–Trinajstić information content (AvgIpc) is 2.73. The third-order valence-corrected chi connectivity index (χ3v) is 3.20. The molecule has 0 spiro atoms. The first-order valence-electron chi connectivity index (χ1n) is 5.74. The number of para-hydroxylation sites is 1. The summed E-state index contributed by atoms with van der Waals surface area (Å²) in [6.45, 7) is 2.21. The summed E-state index contributed by atoms with van der Waals surface area (Å²) in [5.41, 5.74) is 5.67. The van der Waals surface area contributed by atoms with E-state index >= 15 is 0 Å². The maximum absolute atomic E-state index is 2.33. The lowest BCUT2D eigenvalue weighted by atomic mass is 9.97. The molecule has 0 unspecified atom stereocenters. The van der Waals surface area contributed by atoms with Crippen molar-refractivity contribution in [3.8, 4) is 5.69 Å². The average molecular weight is 209 g/mol. The van der Waals surface area contributed by atoms with E-state index in [1.54, 1.807) is 0 Å². The summed E-state index contributed by atoms with van der Waals surface area (Å²) >= 11 is 0. The van der Waals surface area contributed by atoms with Gasteiger partial charge in [0.1, 0.15) is 0 Å². The molecule has 1 heterocycles. The van der Waals surface area contributed by atoms with Gasteiger partial charge < -0.3 is 4.57 Å². The molecule has 0 saturated carbocycles. The van der Waals surface area contributed by atoms with E-state index in [0.29, 0.717) is 0 Å². The van der Waals surface area contributed by atoms with E-state index in [1.807, 2.05) is 0 Å². The van der Waals surface area contributed by atoms with Crippen LogP contribution in [0.4, 0.5) is 0 Å². The van der Waals surface area contributed by atoms with Crippen LogP contribution in [0.2, 0.25) is 0 Å². The minimum Gasteiger partial charge on any atom is -0.323 e. The molecule has 3 rings (SSSR count). The molecule has 0 N–H and O–H groups in total. The number of benzene rings is 1. The zero-order valence-corrected chi connectivity index (χ0v) is 9.48. The molecule has 16 heavy (non-hydrogen) atoms. The Kier molecular flexibility index (Phi) is 2.17. The molecule has 1 aliphatic carbocycles. The van der Waals surface area contributed by atoms with Crippen molar-refractivity contribution in [3.05, 3.63) is 65.5 Å². The van der Waals surface area contributed by atoms with Gasteiger partial charge in [0, 0.05) is 18.1 Å². The van der Waals surface area contributed by atoms with Crippen LogP contribution in [0.5, 0.6) is 0 Å². The molecule has 0 bridgehead atoms. The lowest BCUT2D eigenvalue weighted by Gasteiger charge is -2.08. The van der Waals surface area contributed by atoms with Crippen LogP contribution in [0.3, 0.4) is 0 Å². The predicted octanol–water partition coefficient (Wildman–Crippen LogP) is 3.52. The second-order valence-corrected chi connectivity index (χ2v) is 4.48. The van der Waals surface area contributed by atoms with Gasteiger partial charge in [-0.15, -0.1) is 0 Å². The van der Waals surface area contributed by atoms with Crippen LogP contribution in [-0.2, 0) is 12.8 Å². The summed E-state index contributed by atoms with van der Waals surface area (Å²) in [7, 11) is 0. The van der Waals surface area contributed by atoms with Gasteiger partial charge >= 0.3 is 0 Å². The maximum Gasteiger partial charge on any atom is 0.0449 e. The van der Waals surface area contributed by atoms with E-state index in [0.717, 1.165) is 12.8 Å². The van der Waals surface area contributed by atoms with E-state index in [-0.39, 0.29) is 0 Å². The number of hydrogen-bond donors (Lipinski definition) is 0. The van der Waals surface area contributed by atoms with Crippen molar-refractivity contribution in [2.45, 2.75) is 19.8 Å². The minimum atomic E-state index is 1.08. The lowest BCUT2D eigenvalue weighted by Crippen LogP contribution is -1.96. The van der Waals surface area contributed by atoms with Crippen molar-refractivity contribution in [2.24, 2.45) is 0 Å². The smallest absolute Gasteiger partial charge is 0.0449 e. The van der Waals surface area contributed by atoms with Crippen molar-refractivity contribution >= 4 is 0 Å². The second kappa shape index (κ2) is 3.67. The van der Waals surface area contributed by atoms with E-state index in [4.69, 9.17) is 0 Å². The second-order valence-electron chi connectivity index (χ2n) is 4.48. The van der Waals surface area contributed by atoms with Crippen LogP contribution in [0.15, 0.2) is 54.4 Å². The Balaban J connectivity index is 2.01. The van der Waals surface area contributed by atoms with Crippen molar-refractivity contribution in [1.82, 2.24) is 4.57 Å². The van der Waals surface area contributed by atoms with E-state index in [9.17, 15) is 0 Å². The van der Waals surface area contributed by atoms with Crippen molar-refractivity contribution in [2.75, 3.05) is 0 Å². The van der Waals surface area contributed by atoms with Crippen LogP contribution >= 0.6 is 0 Å². The first-order chi connectivity index (χ1) is 7.83. The number of hydrogen-bond acceptors (Lipinski definition) is 0. The lowest BCUT2D eigenvalue weighted by molar-refractivity contribution is 1.03. The summed E-state index contributed by atoms with van der Waals surface area (Å²) in [5, 5.41) is 0. The van der Waals surface area contributed by atoms with Crippen molar-refractivity contribution in [1.29, 1.82) is 0 Å². The van der Waals surface area contributed by atoms with Gasteiger partial charge in [-0.3, -0.25) is 0 Å². The van der Waals surface area contributed by atoms with Gasteiger partial charge in [0.15, 0.2) is 0 Å². The molecule has 2 aromatic rings. The molecule has 0 aliphatic heterocycles. The fourth-order valence-electron chi connectivity index (χ4n) is 2.29. The van der Waals surface area contributed by atoms with Gasteiger partial charge in [0.2, 0.25) is 0 Å². The molecular weight excluding hydrogens is 194 g/mol. The van der Waals surface area contributed by atoms with Gasteiger partial charge in [-0.25, -0.2) is 0 Å². The minimum absolute atomic E-state index is 1.08. The predicted molar refractivity (Wildman–Crippen MR) is 66.9 cm³/mol. The largest absolute Gasteiger partial charge is 0.323 e. The standard InChI is InChI=1S/C15H15N/c1-12-7-8-13-10-16(11-14(13)9-12)15-5-3-2-4-6-15/h2-7,10-11H,8-9H2,1H3. The van der Waals surface area contributed by atoms with Gasteiger partial charge in [-0.2, -0.15) is 0 Å². The normalized spacial score (nSPS) is 14.4. The first-order valence-corrected chi connectivity index (χ1v) is 5.74. The SMILES string of the molecule is CC1=CCc2cn(-c3ccccc3)cc2C1. The molecule has 80 valence electrons. The Morgan fingerprint density at radius 2 is 1.75 bits per heavy atom. The fourth-order valence-corrected chi connectivity index (χ4v) is 2.29. The van der Waals surface area contributed by atoms with Gasteiger partial charge in [-0.05, 0) is 43.0 Å². The fraction of sp³-hybridized carbons (Fsp3) is 0.200. The molecule has 1 aliphatic rings. The summed E-state index contributed by atoms with van der Waals surface area (Å²) < 4.78 is 2.23. The van der Waals surface area contributed by atoms with Crippen molar-refractivity contribution < 1.29 is 0 Å². The summed E-state index contributed by atoms with van der Waals surface area (Å²) in [4.78, 5) is 0. The zero-order chi connectivity index (χ0) is 11.0. The van der Waals surface area contributed by atoms with Gasteiger partial charge in [0.05, 0.1) is 0 Å². The summed E-state index contributed by atoms with van der Waals surface area (Å²) in [6, 6.07) is 10.5. The number of allylic oxidation sites excluding steroid dienone is 2. The number of aromatic nitrogens is 1. The first kappa shape index (κ1) is 9.46. The van der Waals surface area contributed by atoms with Crippen LogP contribution < -0.4 is 0 Å². The molecule has 0 fully saturated rings. The highest BCUT2D eigenvalue weighted by Gasteiger charge is 2.11. The molecule has 0 amide bonds. The third kappa shape index (κ3) is 1.58. The van der Waals surface area contributed by atoms with Crippen LogP contribution in [-0.4, -0.2) is 4.57 Å². The molecule has 1 nitrogen and oxygen atoms in total. The number of rotatable bonds is 1. The van der Waals surface area contributed by atoms with E-state index < -0.39 is 0 Å². The Morgan fingerprint density at radius 3 is 2.56 bits per heavy atom. The maximum atomic E-state index is 2.33. The number of fused-ring (bicyclic) bond motifs is 1. The molecule has 1 aromatic heterocycles. The molecule has 0 atom stereocenters. The van der Waals surface area contributed by atoms with E-state index in [1.165, 1.54) is 22.4 Å². The quantitative estimate of drug-likeness (QED) is 0.633. The highest BCUT2D eigenvalue weighted by molar-refractivity contribution is 5.41. The van der Waals surface area contributed by atoms with Crippen LogP contribution in [0.1, 0.15) is 18.1 Å². The molecule has 0 radical (unpaired) electrons. The van der Waals surface area contributed by atoms with Gasteiger partial charge in [-0.1, -0.05) is 29.8 Å². The Labute approximate surface area is 96.0 Å². The van der Waals surface area contributed by atoms with Crippen LogP contribution in [0.25, 0.3) is 5.69 Å². The zero-order valence-electron chi connectivity index (χ0n) is 9.48. The van der Waals surface area contributed by atoms with Crippen molar-refractivity contribution in [3.63, 3.8) is 0 Å². The van der Waals surface area contributed by atoms with Crippen LogP contribution in [0, 0.1) is 0 Å². The Bertz CT molecular complexity index is 532. The highest BCUT2D eigenvalue weighted by atomic mass is 14.9. The van der Waals surface area contributed by atoms with E-state index in [2.05, 4.69) is 60.3 Å². The molecular formula is C15H15N. The highest BCUT2D eigenvalue weighted by Crippen LogP contribution is 2.23. The monoisotopic (exact) mass is 209 g/mol. The Hall–Kier alpha value is -1.76. The number of nitrogens with zero attached hydrogens (tertiary/aromatic N) is 1. The summed E-state index contributed by atoms with van der Waals surface area (Å²) in [5.74, 6) is 0. The topological polar surface area (TPSA) is 4.93 Å². The molecule has 1 aromatic carbocycles.